The highest BCUT2D eigenvalue weighted by Crippen LogP contribution is 2.23. The summed E-state index contributed by atoms with van der Waals surface area (Å²) >= 11 is 0. The molecule has 1 aromatic carbocycles. The number of hydrogen-bond donors (Lipinski definition) is 1. The van der Waals surface area contributed by atoms with Crippen molar-refractivity contribution < 1.29 is 13.6 Å². The van der Waals surface area contributed by atoms with Gasteiger partial charge >= 0.3 is 0 Å². The molecule has 7 heteroatoms. The molecule has 1 amide bonds. The van der Waals surface area contributed by atoms with Crippen molar-refractivity contribution in [1.82, 2.24) is 15.1 Å². The number of aliphatic imine (C=N–C) groups is 1. The summed E-state index contributed by atoms with van der Waals surface area (Å²) in [5.41, 5.74) is 2.06. The average molecular weight is 350 g/mol. The number of hydrogen-bond acceptors (Lipinski definition) is 2. The Morgan fingerprint density at radius 2 is 2.12 bits per heavy atom. The summed E-state index contributed by atoms with van der Waals surface area (Å²) in [6, 6.07) is 2.27. The summed E-state index contributed by atoms with van der Waals surface area (Å²) in [6.45, 7) is 7.11. The van der Waals surface area contributed by atoms with Crippen LogP contribution in [0.5, 0.6) is 0 Å². The molecule has 1 N–H and O–H groups in total. The van der Waals surface area contributed by atoms with Crippen LogP contribution in [0, 0.1) is 11.6 Å². The zero-order chi connectivity index (χ0) is 18.6. The van der Waals surface area contributed by atoms with Crippen molar-refractivity contribution in [3.8, 4) is 0 Å². The second kappa shape index (κ2) is 8.09. The van der Waals surface area contributed by atoms with Crippen molar-refractivity contribution in [2.75, 3.05) is 33.7 Å². The second-order valence-electron chi connectivity index (χ2n) is 6.44. The molecule has 0 aromatic heterocycles. The summed E-state index contributed by atoms with van der Waals surface area (Å²) < 4.78 is 27.4. The Labute approximate surface area is 147 Å². The number of nitrogens with zero attached hydrogens (tertiary/aromatic N) is 3. The summed E-state index contributed by atoms with van der Waals surface area (Å²) in [7, 11) is 3.34. The van der Waals surface area contributed by atoms with Gasteiger partial charge in [0.05, 0.1) is 0 Å². The minimum absolute atomic E-state index is 0.00634. The highest BCUT2D eigenvalue weighted by atomic mass is 19.1. The molecule has 0 saturated carbocycles. The van der Waals surface area contributed by atoms with Gasteiger partial charge in [0.25, 0.3) is 0 Å². The summed E-state index contributed by atoms with van der Waals surface area (Å²) in [4.78, 5) is 19.5. The zero-order valence-corrected chi connectivity index (χ0v) is 14.9. The number of benzene rings is 1. The lowest BCUT2D eigenvalue weighted by Gasteiger charge is -2.32. The Morgan fingerprint density at radius 3 is 2.76 bits per heavy atom. The predicted molar refractivity (Wildman–Crippen MR) is 94.3 cm³/mol. The van der Waals surface area contributed by atoms with Crippen LogP contribution in [0.3, 0.4) is 0 Å². The van der Waals surface area contributed by atoms with E-state index in [4.69, 9.17) is 0 Å². The van der Waals surface area contributed by atoms with Crippen molar-refractivity contribution in [1.29, 1.82) is 0 Å². The van der Waals surface area contributed by atoms with Gasteiger partial charge in [0, 0.05) is 39.8 Å². The van der Waals surface area contributed by atoms with Crippen LogP contribution in [0.2, 0.25) is 0 Å². The molecule has 0 saturated heterocycles. The van der Waals surface area contributed by atoms with Crippen LogP contribution in [0.4, 0.5) is 8.78 Å². The van der Waals surface area contributed by atoms with Gasteiger partial charge in [-0.25, -0.2) is 13.8 Å². The third-order valence-corrected chi connectivity index (χ3v) is 3.96. The molecule has 1 aliphatic heterocycles. The molecule has 0 spiro atoms. The summed E-state index contributed by atoms with van der Waals surface area (Å²) in [5.74, 6) is -0.683. The molecular weight excluding hydrogens is 326 g/mol. The maximum atomic E-state index is 13.9. The average Bonchev–Trinajstić information content (AvgIpc) is 2.53. The van der Waals surface area contributed by atoms with Gasteiger partial charge in [-0.3, -0.25) is 4.79 Å². The van der Waals surface area contributed by atoms with Crippen LogP contribution in [-0.4, -0.2) is 55.4 Å². The van der Waals surface area contributed by atoms with E-state index in [1.54, 1.807) is 14.1 Å². The lowest BCUT2D eigenvalue weighted by Crippen LogP contribution is -2.45. The van der Waals surface area contributed by atoms with E-state index in [2.05, 4.69) is 16.9 Å². The molecule has 1 aliphatic rings. The van der Waals surface area contributed by atoms with Gasteiger partial charge in [0.2, 0.25) is 5.91 Å². The molecule has 0 fully saturated rings. The van der Waals surface area contributed by atoms with E-state index in [0.717, 1.165) is 11.6 Å². The molecule has 0 atom stereocenters. The number of rotatable bonds is 4. The quantitative estimate of drug-likeness (QED) is 0.513. The Kier molecular flexibility index (Phi) is 6.12. The minimum atomic E-state index is -0.589. The third kappa shape index (κ3) is 5.01. The van der Waals surface area contributed by atoms with Crippen LogP contribution in [-0.2, 0) is 17.8 Å². The molecule has 0 bridgehead atoms. The largest absolute Gasteiger partial charge is 0.352 e. The minimum Gasteiger partial charge on any atom is -0.352 e. The molecule has 136 valence electrons. The Bertz CT molecular complexity index is 701. The van der Waals surface area contributed by atoms with Crippen LogP contribution in [0.25, 0.3) is 0 Å². The first-order chi connectivity index (χ1) is 11.8. The molecule has 0 unspecified atom stereocenters. The first-order valence-corrected chi connectivity index (χ1v) is 8.12. The Balaban J connectivity index is 2.20. The van der Waals surface area contributed by atoms with Gasteiger partial charge in [-0.2, -0.15) is 0 Å². The smallest absolute Gasteiger partial charge is 0.243 e. The molecular formula is C18H24F2N4O. The molecule has 2 rings (SSSR count). The number of amides is 1. The van der Waals surface area contributed by atoms with E-state index >= 15 is 0 Å². The van der Waals surface area contributed by atoms with Crippen LogP contribution < -0.4 is 5.32 Å². The van der Waals surface area contributed by atoms with Crippen LogP contribution in [0.1, 0.15) is 18.1 Å². The van der Waals surface area contributed by atoms with E-state index in [-0.39, 0.29) is 12.5 Å². The predicted octanol–water partition coefficient (Wildman–Crippen LogP) is 1.93. The van der Waals surface area contributed by atoms with Crippen LogP contribution in [0.15, 0.2) is 29.3 Å². The summed E-state index contributed by atoms with van der Waals surface area (Å²) in [6.07, 6.45) is 0.455. The number of guanidine groups is 1. The van der Waals surface area contributed by atoms with E-state index < -0.39 is 11.6 Å². The topological polar surface area (TPSA) is 47.9 Å². The van der Waals surface area contributed by atoms with Crippen molar-refractivity contribution >= 4 is 11.9 Å². The maximum Gasteiger partial charge on any atom is 0.243 e. The summed E-state index contributed by atoms with van der Waals surface area (Å²) in [5, 5.41) is 3.16. The number of carbonyl (C=O) groups is 1. The molecule has 5 nitrogen and oxygen atoms in total. The SMILES string of the molecule is C=C(C)CNC(=NCC(=O)N(C)C)N1CCc2c(F)cc(F)cc2C1. The van der Waals surface area contributed by atoms with Gasteiger partial charge in [-0.05, 0) is 30.5 Å². The fraction of sp³-hybridized carbons (Fsp3) is 0.444. The molecule has 1 heterocycles. The van der Waals surface area contributed by atoms with Gasteiger partial charge in [0.1, 0.15) is 18.2 Å². The number of nitrogens with one attached hydrogen (secondary N) is 1. The highest BCUT2D eigenvalue weighted by molar-refractivity contribution is 5.85. The molecule has 0 aliphatic carbocycles. The number of fused-ring (bicyclic) bond motifs is 1. The normalized spacial score (nSPS) is 14.1. The fourth-order valence-electron chi connectivity index (χ4n) is 2.57. The number of halogens is 2. The van der Waals surface area contributed by atoms with Crippen molar-refractivity contribution in [3.05, 3.63) is 47.0 Å². The first kappa shape index (κ1) is 18.9. The van der Waals surface area contributed by atoms with Gasteiger partial charge in [-0.1, -0.05) is 12.2 Å². The molecule has 25 heavy (non-hydrogen) atoms. The van der Waals surface area contributed by atoms with Crippen molar-refractivity contribution in [3.63, 3.8) is 0 Å². The second-order valence-corrected chi connectivity index (χ2v) is 6.44. The van der Waals surface area contributed by atoms with Gasteiger partial charge < -0.3 is 15.1 Å². The van der Waals surface area contributed by atoms with E-state index in [1.165, 1.54) is 11.0 Å². The molecule has 1 aromatic rings. The van der Waals surface area contributed by atoms with Crippen molar-refractivity contribution in [2.45, 2.75) is 19.9 Å². The zero-order valence-electron chi connectivity index (χ0n) is 14.9. The van der Waals surface area contributed by atoms with E-state index in [9.17, 15) is 13.6 Å². The number of carbonyl (C=O) groups excluding carboxylic acids is 1. The van der Waals surface area contributed by atoms with Gasteiger partial charge in [-0.15, -0.1) is 0 Å². The standard InChI is InChI=1S/C18H24F2N4O/c1-12(2)9-21-18(22-10-17(25)23(3)4)24-6-5-15-13(11-24)7-14(19)8-16(15)20/h7-8H,1,5-6,9-11H2,2-4H3,(H,21,22). The Hall–Kier alpha value is -2.44. The fourth-order valence-corrected chi connectivity index (χ4v) is 2.57. The van der Waals surface area contributed by atoms with E-state index in [1.807, 2.05) is 11.8 Å². The number of likely N-dealkylation sites (N-methyl/N-ethyl adjacent to an activating group) is 1. The van der Waals surface area contributed by atoms with E-state index in [0.29, 0.717) is 43.1 Å². The monoisotopic (exact) mass is 350 g/mol. The lowest BCUT2D eigenvalue weighted by molar-refractivity contribution is -0.127. The van der Waals surface area contributed by atoms with Gasteiger partial charge in [0.15, 0.2) is 5.96 Å². The molecule has 0 radical (unpaired) electrons. The lowest BCUT2D eigenvalue weighted by atomic mass is 9.99. The Morgan fingerprint density at radius 1 is 1.40 bits per heavy atom. The highest BCUT2D eigenvalue weighted by Gasteiger charge is 2.23. The van der Waals surface area contributed by atoms with Crippen LogP contribution >= 0.6 is 0 Å². The maximum absolute atomic E-state index is 13.9. The third-order valence-electron chi connectivity index (χ3n) is 3.96. The first-order valence-electron chi connectivity index (χ1n) is 8.12. The van der Waals surface area contributed by atoms with Crippen molar-refractivity contribution in [2.24, 2.45) is 4.99 Å².